The van der Waals surface area contributed by atoms with E-state index in [1.54, 1.807) is 0 Å². The molecule has 4 atom stereocenters. The molecule has 0 radical (unpaired) electrons. The van der Waals surface area contributed by atoms with Gasteiger partial charge in [0, 0.05) is 18.7 Å². The van der Waals surface area contributed by atoms with Gasteiger partial charge >= 0.3 is 5.69 Å². The zero-order valence-corrected chi connectivity index (χ0v) is 10.2. The minimum Gasteiger partial charge on any atom is -0.388 e. The van der Waals surface area contributed by atoms with Crippen LogP contribution in [0.15, 0.2) is 21.9 Å². The standard InChI is InChI=1S/C9H11BrN2O5/c10-7(15)5-3-4(13)8(17-5)12-2-1-6(14)11-9(12)16/h1-2,4-5,7-8,13,15H,3H2,(H,11,14,16)/t4-,5+,7?,8-/m1/s1. The van der Waals surface area contributed by atoms with E-state index in [9.17, 15) is 19.8 Å². The molecule has 0 bridgehead atoms. The predicted molar refractivity (Wildman–Crippen MR) is 60.8 cm³/mol. The molecule has 94 valence electrons. The van der Waals surface area contributed by atoms with Crippen molar-refractivity contribution in [3.63, 3.8) is 0 Å². The molecule has 7 nitrogen and oxygen atoms in total. The summed E-state index contributed by atoms with van der Waals surface area (Å²) in [6, 6.07) is 1.16. The highest BCUT2D eigenvalue weighted by atomic mass is 79.9. The average Bonchev–Trinajstić information content (AvgIpc) is 2.61. The molecule has 1 aromatic heterocycles. The van der Waals surface area contributed by atoms with E-state index in [-0.39, 0.29) is 6.42 Å². The second kappa shape index (κ2) is 4.73. The number of nitrogens with zero attached hydrogens (tertiary/aromatic N) is 1. The minimum absolute atomic E-state index is 0.197. The second-order valence-corrected chi connectivity index (χ2v) is 4.70. The lowest BCUT2D eigenvalue weighted by atomic mass is 10.2. The summed E-state index contributed by atoms with van der Waals surface area (Å²) in [6.07, 6.45) is -0.984. The van der Waals surface area contributed by atoms with Crippen LogP contribution in [0.25, 0.3) is 0 Å². The lowest BCUT2D eigenvalue weighted by Crippen LogP contribution is -2.35. The van der Waals surface area contributed by atoms with Gasteiger partial charge in [-0.25, -0.2) is 4.79 Å². The monoisotopic (exact) mass is 306 g/mol. The van der Waals surface area contributed by atoms with E-state index >= 15 is 0 Å². The van der Waals surface area contributed by atoms with Crippen LogP contribution in [0.3, 0.4) is 0 Å². The maximum Gasteiger partial charge on any atom is 0.330 e. The topological polar surface area (TPSA) is 105 Å². The van der Waals surface area contributed by atoms with Crippen molar-refractivity contribution < 1.29 is 14.9 Å². The summed E-state index contributed by atoms with van der Waals surface area (Å²) < 4.78 is 6.42. The average molecular weight is 307 g/mol. The molecule has 1 saturated heterocycles. The molecule has 0 aromatic carbocycles. The van der Waals surface area contributed by atoms with Gasteiger partial charge in [-0.15, -0.1) is 0 Å². The van der Waals surface area contributed by atoms with Crippen molar-refractivity contribution in [2.75, 3.05) is 0 Å². The van der Waals surface area contributed by atoms with Gasteiger partial charge in [0.05, 0.1) is 6.10 Å². The van der Waals surface area contributed by atoms with E-state index in [1.807, 2.05) is 0 Å². The van der Waals surface area contributed by atoms with E-state index in [0.29, 0.717) is 0 Å². The molecular formula is C9H11BrN2O5. The van der Waals surface area contributed by atoms with E-state index in [0.717, 1.165) is 10.6 Å². The normalized spacial score (nSPS) is 30.4. The Bertz CT molecular complexity index is 511. The van der Waals surface area contributed by atoms with Gasteiger partial charge < -0.3 is 14.9 Å². The number of rotatable bonds is 2. The number of H-pyrrole nitrogens is 1. The van der Waals surface area contributed by atoms with Crippen molar-refractivity contribution in [1.29, 1.82) is 0 Å². The summed E-state index contributed by atoms with van der Waals surface area (Å²) in [7, 11) is 0. The Morgan fingerprint density at radius 2 is 2.29 bits per heavy atom. The number of halogens is 1. The van der Waals surface area contributed by atoms with Crippen LogP contribution in [0.4, 0.5) is 0 Å². The Balaban J connectivity index is 2.29. The molecule has 1 aromatic rings. The van der Waals surface area contributed by atoms with Crippen molar-refractivity contribution in [3.05, 3.63) is 33.1 Å². The van der Waals surface area contributed by atoms with Gasteiger partial charge in [-0.2, -0.15) is 0 Å². The lowest BCUT2D eigenvalue weighted by Gasteiger charge is -2.17. The van der Waals surface area contributed by atoms with Gasteiger partial charge in [0.15, 0.2) is 6.23 Å². The molecule has 0 amide bonds. The number of hydrogen-bond acceptors (Lipinski definition) is 5. The molecule has 1 aliphatic rings. The van der Waals surface area contributed by atoms with Crippen LogP contribution in [-0.2, 0) is 4.74 Å². The van der Waals surface area contributed by atoms with Crippen LogP contribution < -0.4 is 11.2 Å². The largest absolute Gasteiger partial charge is 0.388 e. The third-order valence-corrected chi connectivity index (χ3v) is 3.14. The number of aliphatic hydroxyl groups excluding tert-OH is 2. The van der Waals surface area contributed by atoms with Crippen LogP contribution in [0.2, 0.25) is 0 Å². The summed E-state index contributed by atoms with van der Waals surface area (Å²) in [5, 5.41) is 18.1. The Hall–Kier alpha value is -0.960. The van der Waals surface area contributed by atoms with Crippen molar-refractivity contribution in [2.24, 2.45) is 0 Å². The summed E-state index contributed by atoms with van der Waals surface area (Å²) in [5.41, 5.74) is -1.18. The molecule has 1 aliphatic heterocycles. The second-order valence-electron chi connectivity index (χ2n) is 3.76. The van der Waals surface area contributed by atoms with E-state index in [2.05, 4.69) is 20.9 Å². The van der Waals surface area contributed by atoms with Gasteiger partial charge in [-0.1, -0.05) is 15.9 Å². The SMILES string of the molecule is O=c1ccn([C@@H]2O[C@H](C(O)Br)C[C@H]2O)c(=O)[nH]1. The smallest absolute Gasteiger partial charge is 0.330 e. The molecule has 8 heteroatoms. The number of ether oxygens (including phenoxy) is 1. The van der Waals surface area contributed by atoms with Crippen LogP contribution in [0, 0.1) is 0 Å². The first kappa shape index (κ1) is 12.5. The molecule has 0 saturated carbocycles. The highest BCUT2D eigenvalue weighted by Crippen LogP contribution is 2.30. The number of aromatic amines is 1. The highest BCUT2D eigenvalue weighted by Gasteiger charge is 2.38. The first-order valence-corrected chi connectivity index (χ1v) is 5.88. The summed E-state index contributed by atoms with van der Waals surface area (Å²) in [6.45, 7) is 0. The third kappa shape index (κ3) is 2.49. The Labute approximate surface area is 104 Å². The molecule has 0 spiro atoms. The van der Waals surface area contributed by atoms with Crippen molar-refractivity contribution >= 4 is 15.9 Å². The van der Waals surface area contributed by atoms with Crippen LogP contribution in [0.5, 0.6) is 0 Å². The van der Waals surface area contributed by atoms with Crippen molar-refractivity contribution in [1.82, 2.24) is 9.55 Å². The van der Waals surface area contributed by atoms with Crippen LogP contribution >= 0.6 is 15.9 Å². The highest BCUT2D eigenvalue weighted by molar-refractivity contribution is 9.09. The number of aliphatic hydroxyl groups is 2. The summed E-state index contributed by atoms with van der Waals surface area (Å²) >= 11 is 2.93. The van der Waals surface area contributed by atoms with Gasteiger partial charge in [0.2, 0.25) is 0 Å². The Kier molecular flexibility index (Phi) is 3.48. The van der Waals surface area contributed by atoms with Crippen molar-refractivity contribution in [2.45, 2.75) is 29.9 Å². The zero-order valence-electron chi connectivity index (χ0n) is 8.62. The fourth-order valence-corrected chi connectivity index (χ4v) is 2.08. The van der Waals surface area contributed by atoms with Crippen molar-refractivity contribution in [3.8, 4) is 0 Å². The van der Waals surface area contributed by atoms with E-state index < -0.39 is 34.7 Å². The molecule has 2 heterocycles. The first-order chi connectivity index (χ1) is 7.99. The van der Waals surface area contributed by atoms with Crippen LogP contribution in [0.1, 0.15) is 12.6 Å². The maximum absolute atomic E-state index is 11.5. The van der Waals surface area contributed by atoms with Gasteiger partial charge in [0.1, 0.15) is 11.1 Å². The predicted octanol–water partition coefficient (Wildman–Crippen LogP) is -1.10. The van der Waals surface area contributed by atoms with E-state index in [1.165, 1.54) is 6.20 Å². The molecule has 0 aliphatic carbocycles. The van der Waals surface area contributed by atoms with E-state index in [4.69, 9.17) is 4.74 Å². The molecular weight excluding hydrogens is 296 g/mol. The fourth-order valence-electron chi connectivity index (χ4n) is 1.74. The molecule has 1 unspecified atom stereocenters. The summed E-state index contributed by atoms with van der Waals surface area (Å²) in [5.74, 6) is 0. The minimum atomic E-state index is -0.921. The van der Waals surface area contributed by atoms with Crippen LogP contribution in [-0.4, -0.2) is 37.0 Å². The van der Waals surface area contributed by atoms with Gasteiger partial charge in [-0.05, 0) is 0 Å². The van der Waals surface area contributed by atoms with Gasteiger partial charge in [-0.3, -0.25) is 14.3 Å². The Morgan fingerprint density at radius 1 is 1.59 bits per heavy atom. The summed E-state index contributed by atoms with van der Waals surface area (Å²) in [4.78, 5) is 24.4. The van der Waals surface area contributed by atoms with Gasteiger partial charge in [0.25, 0.3) is 5.56 Å². The third-order valence-electron chi connectivity index (χ3n) is 2.55. The number of alkyl halides is 1. The fraction of sp³-hybridized carbons (Fsp3) is 0.556. The molecule has 1 fully saturated rings. The molecule has 3 N–H and O–H groups in total. The quantitative estimate of drug-likeness (QED) is 0.602. The zero-order chi connectivity index (χ0) is 12.6. The number of aromatic nitrogens is 2. The Morgan fingerprint density at radius 3 is 2.82 bits per heavy atom. The number of hydrogen-bond donors (Lipinski definition) is 3. The lowest BCUT2D eigenvalue weighted by molar-refractivity contribution is -0.0581. The maximum atomic E-state index is 11.5. The molecule has 2 rings (SSSR count). The molecule has 17 heavy (non-hydrogen) atoms. The number of nitrogens with one attached hydrogen (secondary N) is 1. The first-order valence-electron chi connectivity index (χ1n) is 4.96.